The number of carbonyl (C=O) groups excluding carboxylic acids is 4. The van der Waals surface area contributed by atoms with Crippen LogP contribution >= 0.6 is 0 Å². The van der Waals surface area contributed by atoms with Gasteiger partial charge in [0.25, 0.3) is 0 Å². The first-order valence-corrected chi connectivity index (χ1v) is 15.2. The third kappa shape index (κ3) is 14.8. The fourth-order valence-electron chi connectivity index (χ4n) is 4.41. The third-order valence-corrected chi connectivity index (χ3v) is 6.92. The van der Waals surface area contributed by atoms with Crippen LogP contribution in [0.3, 0.4) is 0 Å². The maximum Gasteiger partial charge on any atom is 0.414 e. The lowest BCUT2D eigenvalue weighted by Crippen LogP contribution is -2.33. The summed E-state index contributed by atoms with van der Waals surface area (Å²) >= 11 is 0. The molecule has 0 heterocycles. The standard InChI is InChI=1S/C32H43N3O7.C2H2O4/c1-31(2,40)28(37)25-14-10-23(11-15-25)27(24-12-16-26(17-13-24)29(38)32(3,4)41)35(5)20-21-42-30(39)34-19-9-7-6-8-18-33-22-36;3-1(4)2(5)6/h10-17,27,40-41H,6-9,18-21H2,1-5H3,(H,34,39);(H,3,4)(H,5,6). The number of nitrogens with zero attached hydrogens (tertiary/aromatic N) is 2. The number of likely N-dealkylation sites (N-methyl/N-ethyl adjacent to an activating group) is 1. The number of ketones is 2. The Bertz CT molecular complexity index is 1340. The molecule has 0 atom stereocenters. The Balaban J connectivity index is 0.00000175. The minimum atomic E-state index is -1.82. The minimum absolute atomic E-state index is 0.132. The molecule has 0 aliphatic rings. The summed E-state index contributed by atoms with van der Waals surface area (Å²) in [6.07, 6.45) is 4.43. The molecule has 0 radical (unpaired) electrons. The molecule has 0 unspecified atom stereocenters. The van der Waals surface area contributed by atoms with Crippen molar-refractivity contribution < 1.29 is 53.9 Å². The number of carbonyl (C=O) groups is 5. The molecule has 14 nitrogen and oxygen atoms in total. The van der Waals surface area contributed by atoms with Crippen molar-refractivity contribution in [2.75, 3.05) is 33.3 Å². The lowest BCUT2D eigenvalue weighted by Gasteiger charge is -2.29. The van der Waals surface area contributed by atoms with Crippen LogP contribution in [0.15, 0.2) is 53.5 Å². The predicted octanol–water partition coefficient (Wildman–Crippen LogP) is 3.39. The van der Waals surface area contributed by atoms with Crippen molar-refractivity contribution >= 4 is 35.7 Å². The van der Waals surface area contributed by atoms with Crippen LogP contribution in [0, 0.1) is 0 Å². The average Bonchev–Trinajstić information content (AvgIpc) is 3.02. The molecule has 2 aromatic carbocycles. The van der Waals surface area contributed by atoms with Gasteiger partial charge in [0.05, 0.1) is 12.6 Å². The second-order valence-electron chi connectivity index (χ2n) is 12.0. The van der Waals surface area contributed by atoms with Gasteiger partial charge in [-0.1, -0.05) is 61.4 Å². The molecular formula is C34H45N3O11. The predicted molar refractivity (Wildman–Crippen MR) is 175 cm³/mol. The van der Waals surface area contributed by atoms with Crippen LogP contribution in [0.4, 0.5) is 4.79 Å². The van der Waals surface area contributed by atoms with Crippen LogP contribution in [-0.4, -0.2) is 105 Å². The number of unbranched alkanes of at least 4 members (excludes halogenated alkanes) is 3. The van der Waals surface area contributed by atoms with Crippen LogP contribution in [0.25, 0.3) is 0 Å². The zero-order chi connectivity index (χ0) is 36.5. The zero-order valence-electron chi connectivity index (χ0n) is 27.9. The van der Waals surface area contributed by atoms with E-state index in [0.29, 0.717) is 30.8 Å². The summed E-state index contributed by atoms with van der Waals surface area (Å²) in [6.45, 7) is 7.26. The van der Waals surface area contributed by atoms with Gasteiger partial charge in [-0.05, 0) is 58.7 Å². The lowest BCUT2D eigenvalue weighted by atomic mass is 9.91. The number of alkyl carbamates (subject to hydrolysis) is 1. The fourth-order valence-corrected chi connectivity index (χ4v) is 4.41. The van der Waals surface area contributed by atoms with Crippen molar-refractivity contribution in [3.63, 3.8) is 0 Å². The van der Waals surface area contributed by atoms with E-state index in [4.69, 9.17) is 24.5 Å². The quantitative estimate of drug-likeness (QED) is 0.0537. The van der Waals surface area contributed by atoms with E-state index in [9.17, 15) is 29.4 Å². The number of aliphatic carboxylic acids is 2. The summed E-state index contributed by atoms with van der Waals surface area (Å²) in [6, 6.07) is 13.6. The normalized spacial score (nSPS) is 11.2. The average molecular weight is 672 g/mol. The first-order valence-electron chi connectivity index (χ1n) is 15.2. The van der Waals surface area contributed by atoms with E-state index in [-0.39, 0.29) is 24.2 Å². The molecule has 2 rings (SSSR count). The van der Waals surface area contributed by atoms with Gasteiger partial charge in [-0.3, -0.25) is 14.5 Å². The van der Waals surface area contributed by atoms with Crippen LogP contribution in [0.2, 0.25) is 0 Å². The van der Waals surface area contributed by atoms with E-state index in [1.807, 2.05) is 36.2 Å². The zero-order valence-corrected chi connectivity index (χ0v) is 27.9. The van der Waals surface area contributed by atoms with Crippen molar-refractivity contribution in [2.45, 2.75) is 70.6 Å². The highest BCUT2D eigenvalue weighted by Gasteiger charge is 2.28. The number of ether oxygens (including phenoxy) is 1. The van der Waals surface area contributed by atoms with E-state index < -0.39 is 29.2 Å². The van der Waals surface area contributed by atoms with E-state index in [0.717, 1.165) is 36.8 Å². The van der Waals surface area contributed by atoms with E-state index in [1.165, 1.54) is 33.8 Å². The molecule has 14 heteroatoms. The molecule has 0 spiro atoms. The number of nitrogens with one attached hydrogen (secondary N) is 1. The number of aliphatic imine (C=N–C) groups is 1. The van der Waals surface area contributed by atoms with Crippen LogP contribution < -0.4 is 5.32 Å². The smallest absolute Gasteiger partial charge is 0.414 e. The van der Waals surface area contributed by atoms with Gasteiger partial charge in [-0.15, -0.1) is 0 Å². The van der Waals surface area contributed by atoms with Crippen molar-refractivity contribution in [1.29, 1.82) is 0 Å². The van der Waals surface area contributed by atoms with Crippen molar-refractivity contribution in [1.82, 2.24) is 10.2 Å². The fraction of sp³-hybridized carbons (Fsp3) is 0.471. The van der Waals surface area contributed by atoms with Crippen molar-refractivity contribution in [3.8, 4) is 0 Å². The number of amides is 1. The Morgan fingerprint density at radius 3 is 1.62 bits per heavy atom. The summed E-state index contributed by atoms with van der Waals surface area (Å²) < 4.78 is 5.38. The van der Waals surface area contributed by atoms with E-state index in [1.54, 1.807) is 24.3 Å². The van der Waals surface area contributed by atoms with Gasteiger partial charge < -0.3 is 30.5 Å². The summed E-state index contributed by atoms with van der Waals surface area (Å²) in [5.41, 5.74) is -0.513. The molecule has 0 aliphatic heterocycles. The molecule has 262 valence electrons. The summed E-state index contributed by atoms with van der Waals surface area (Å²) in [4.78, 5) is 71.0. The molecule has 0 saturated heterocycles. The molecule has 0 saturated carbocycles. The molecule has 1 amide bonds. The molecular weight excluding hydrogens is 626 g/mol. The number of Topliss-reactive ketones (excluding diaryl/α,β-unsaturated/α-hetero) is 2. The van der Waals surface area contributed by atoms with Gasteiger partial charge in [0.15, 0.2) is 11.6 Å². The number of isocyanates is 1. The Morgan fingerprint density at radius 1 is 0.792 bits per heavy atom. The molecule has 0 fully saturated rings. The van der Waals surface area contributed by atoms with Crippen LogP contribution in [0.5, 0.6) is 0 Å². The Kier molecular flexibility index (Phi) is 17.0. The van der Waals surface area contributed by atoms with Gasteiger partial charge in [0, 0.05) is 24.2 Å². The Hall–Kier alpha value is -4.75. The first-order chi connectivity index (χ1) is 22.4. The molecule has 48 heavy (non-hydrogen) atoms. The number of benzene rings is 2. The first kappa shape index (κ1) is 41.3. The highest BCUT2D eigenvalue weighted by Crippen LogP contribution is 2.29. The number of carboxylic acid groups (broad SMARTS) is 2. The third-order valence-electron chi connectivity index (χ3n) is 6.92. The highest BCUT2D eigenvalue weighted by molar-refractivity contribution is 6.27. The summed E-state index contributed by atoms with van der Waals surface area (Å²) in [7, 11) is 1.88. The van der Waals surface area contributed by atoms with Crippen LogP contribution in [-0.2, 0) is 19.1 Å². The monoisotopic (exact) mass is 671 g/mol. The van der Waals surface area contributed by atoms with E-state index in [2.05, 4.69) is 10.3 Å². The van der Waals surface area contributed by atoms with Gasteiger partial charge in [0.2, 0.25) is 6.08 Å². The van der Waals surface area contributed by atoms with Crippen molar-refractivity contribution in [2.24, 2.45) is 4.99 Å². The van der Waals surface area contributed by atoms with Gasteiger partial charge >= 0.3 is 18.0 Å². The SMILES string of the molecule is CN(CCOC(=O)NCCCCCCN=C=O)C(c1ccc(C(=O)C(C)(C)O)cc1)c1ccc(C(=O)C(C)(C)O)cc1.O=C(O)C(=O)O. The summed E-state index contributed by atoms with van der Waals surface area (Å²) in [5.74, 6) is -4.43. The largest absolute Gasteiger partial charge is 0.473 e. The lowest BCUT2D eigenvalue weighted by molar-refractivity contribution is -0.159. The number of carboxylic acids is 2. The molecule has 0 bridgehead atoms. The van der Waals surface area contributed by atoms with Gasteiger partial charge in [-0.25, -0.2) is 24.2 Å². The molecule has 0 aliphatic carbocycles. The number of rotatable bonds is 17. The molecule has 5 N–H and O–H groups in total. The number of hydrogen-bond donors (Lipinski definition) is 5. The Labute approximate surface area is 279 Å². The van der Waals surface area contributed by atoms with Gasteiger partial charge in [0.1, 0.15) is 17.8 Å². The minimum Gasteiger partial charge on any atom is -0.473 e. The van der Waals surface area contributed by atoms with Crippen LogP contribution in [0.1, 0.15) is 91.3 Å². The second kappa shape index (κ2) is 19.8. The van der Waals surface area contributed by atoms with Crippen molar-refractivity contribution in [3.05, 3.63) is 70.8 Å². The maximum absolute atomic E-state index is 12.5. The van der Waals surface area contributed by atoms with E-state index >= 15 is 0 Å². The molecule has 2 aromatic rings. The topological polar surface area (TPSA) is 220 Å². The second-order valence-corrected chi connectivity index (χ2v) is 12.0. The van der Waals surface area contributed by atoms with Gasteiger partial charge in [-0.2, -0.15) is 0 Å². The number of aliphatic hydroxyl groups is 2. The number of hydrogen-bond acceptors (Lipinski definition) is 11. The maximum atomic E-state index is 12.5. The summed E-state index contributed by atoms with van der Waals surface area (Å²) in [5, 5.41) is 37.7. The Morgan fingerprint density at radius 2 is 1.23 bits per heavy atom. The highest BCUT2D eigenvalue weighted by atomic mass is 16.5. The molecule has 0 aromatic heterocycles.